The van der Waals surface area contributed by atoms with Gasteiger partial charge in [-0.2, -0.15) is 10.5 Å². The van der Waals surface area contributed by atoms with Gasteiger partial charge in [-0.15, -0.1) is 0 Å². The van der Waals surface area contributed by atoms with Gasteiger partial charge in [0.15, 0.2) is 0 Å². The molecule has 1 atom stereocenters. The molecule has 0 spiro atoms. The van der Waals surface area contributed by atoms with Crippen LogP contribution in [0.4, 0.5) is 5.69 Å². The molecular formula is C16H19N3O2. The van der Waals surface area contributed by atoms with Crippen molar-refractivity contribution in [2.45, 2.75) is 25.6 Å². The molecule has 2 rings (SSSR count). The standard InChI is InChI=1S/C16H19N3O2/c1-16(2)11-19(9-14(21-16)10-20-3)15-12(7-17)5-4-6-13(15)8-18/h4-6,14H,9-11H2,1-3H3/t14-/m1/s1. The Bertz CT molecular complexity index is 566. The van der Waals surface area contributed by atoms with Crippen LogP contribution >= 0.6 is 0 Å². The Morgan fingerprint density at radius 1 is 1.33 bits per heavy atom. The highest BCUT2D eigenvalue weighted by Crippen LogP contribution is 2.31. The van der Waals surface area contributed by atoms with Crippen LogP contribution in [0.1, 0.15) is 25.0 Å². The highest BCUT2D eigenvalue weighted by Gasteiger charge is 2.35. The minimum atomic E-state index is -0.364. The molecule has 0 unspecified atom stereocenters. The molecule has 0 aliphatic carbocycles. The smallest absolute Gasteiger partial charge is 0.101 e. The third-order valence-electron chi connectivity index (χ3n) is 3.43. The number of hydrogen-bond donors (Lipinski definition) is 0. The summed E-state index contributed by atoms with van der Waals surface area (Å²) in [4.78, 5) is 2.06. The van der Waals surface area contributed by atoms with E-state index < -0.39 is 0 Å². The van der Waals surface area contributed by atoms with Gasteiger partial charge in [-0.05, 0) is 26.0 Å². The molecule has 21 heavy (non-hydrogen) atoms. The van der Waals surface area contributed by atoms with Gasteiger partial charge in [0.25, 0.3) is 0 Å². The predicted octanol–water partition coefficient (Wildman–Crippen LogP) is 2.06. The minimum Gasteiger partial charge on any atom is -0.382 e. The van der Waals surface area contributed by atoms with Crippen molar-refractivity contribution in [2.24, 2.45) is 0 Å². The lowest BCUT2D eigenvalue weighted by atomic mass is 10.0. The van der Waals surface area contributed by atoms with Crippen molar-refractivity contribution in [2.75, 3.05) is 31.7 Å². The second-order valence-corrected chi connectivity index (χ2v) is 5.76. The summed E-state index contributed by atoms with van der Waals surface area (Å²) >= 11 is 0. The zero-order valence-corrected chi connectivity index (χ0v) is 12.6. The van der Waals surface area contributed by atoms with Gasteiger partial charge in [0.1, 0.15) is 12.1 Å². The number of morpholine rings is 1. The largest absolute Gasteiger partial charge is 0.382 e. The van der Waals surface area contributed by atoms with E-state index in [2.05, 4.69) is 17.0 Å². The van der Waals surface area contributed by atoms with Gasteiger partial charge in [-0.25, -0.2) is 0 Å². The van der Waals surface area contributed by atoms with Gasteiger partial charge in [0, 0.05) is 20.2 Å². The molecule has 110 valence electrons. The third kappa shape index (κ3) is 3.33. The topological polar surface area (TPSA) is 69.3 Å². The van der Waals surface area contributed by atoms with E-state index in [-0.39, 0.29) is 11.7 Å². The SMILES string of the molecule is COC[C@H]1CN(c2c(C#N)cccc2C#N)CC(C)(C)O1. The summed E-state index contributed by atoms with van der Waals surface area (Å²) in [5, 5.41) is 18.7. The van der Waals surface area contributed by atoms with Crippen LogP contribution in [0.2, 0.25) is 0 Å². The first-order chi connectivity index (χ1) is 10.0. The van der Waals surface area contributed by atoms with Gasteiger partial charge < -0.3 is 14.4 Å². The highest BCUT2D eigenvalue weighted by molar-refractivity contribution is 5.68. The quantitative estimate of drug-likeness (QED) is 0.850. The molecule has 0 N–H and O–H groups in total. The summed E-state index contributed by atoms with van der Waals surface area (Å²) in [7, 11) is 1.64. The molecule has 5 nitrogen and oxygen atoms in total. The molecule has 1 aliphatic heterocycles. The van der Waals surface area contributed by atoms with Crippen molar-refractivity contribution >= 4 is 5.69 Å². The number of benzene rings is 1. The van der Waals surface area contributed by atoms with Crippen LogP contribution in [-0.2, 0) is 9.47 Å². The minimum absolute atomic E-state index is 0.0861. The molecule has 1 heterocycles. The van der Waals surface area contributed by atoms with Gasteiger partial charge in [0.05, 0.1) is 35.1 Å². The normalized spacial score (nSPS) is 20.6. The predicted molar refractivity (Wildman–Crippen MR) is 78.9 cm³/mol. The van der Waals surface area contributed by atoms with Crippen molar-refractivity contribution < 1.29 is 9.47 Å². The summed E-state index contributed by atoms with van der Waals surface area (Å²) in [6.45, 7) is 5.72. The third-order valence-corrected chi connectivity index (χ3v) is 3.43. The van der Waals surface area contributed by atoms with Gasteiger partial charge >= 0.3 is 0 Å². The van der Waals surface area contributed by atoms with E-state index in [9.17, 15) is 10.5 Å². The van der Waals surface area contributed by atoms with Gasteiger partial charge in [-0.1, -0.05) is 6.07 Å². The molecule has 0 bridgehead atoms. The molecule has 1 fully saturated rings. The first kappa shape index (κ1) is 15.3. The van der Waals surface area contributed by atoms with Crippen molar-refractivity contribution in [1.29, 1.82) is 10.5 Å². The second-order valence-electron chi connectivity index (χ2n) is 5.76. The first-order valence-electron chi connectivity index (χ1n) is 6.85. The van der Waals surface area contributed by atoms with Gasteiger partial charge in [0.2, 0.25) is 0 Å². The number of nitrogens with zero attached hydrogens (tertiary/aromatic N) is 3. The molecule has 1 aromatic rings. The number of para-hydroxylation sites is 1. The van der Waals surface area contributed by atoms with Crippen molar-refractivity contribution in [3.05, 3.63) is 29.3 Å². The monoisotopic (exact) mass is 285 g/mol. The number of anilines is 1. The Hall–Kier alpha value is -2.08. The molecule has 0 saturated carbocycles. The maximum Gasteiger partial charge on any atom is 0.101 e. The van der Waals surface area contributed by atoms with E-state index in [0.29, 0.717) is 36.5 Å². The number of nitriles is 2. The molecule has 0 radical (unpaired) electrons. The Morgan fingerprint density at radius 3 is 2.48 bits per heavy atom. The molecule has 1 aliphatic rings. The number of methoxy groups -OCH3 is 1. The summed E-state index contributed by atoms with van der Waals surface area (Å²) in [6.07, 6.45) is -0.0861. The van der Waals surface area contributed by atoms with Crippen LogP contribution in [0.5, 0.6) is 0 Å². The Labute approximate surface area is 125 Å². The maximum atomic E-state index is 9.33. The van der Waals surface area contributed by atoms with E-state index in [4.69, 9.17) is 9.47 Å². The molecule has 1 saturated heterocycles. The first-order valence-corrected chi connectivity index (χ1v) is 6.85. The fraction of sp³-hybridized carbons (Fsp3) is 0.500. The van der Waals surface area contributed by atoms with Crippen LogP contribution in [0.25, 0.3) is 0 Å². The second kappa shape index (κ2) is 6.13. The fourth-order valence-corrected chi connectivity index (χ4v) is 2.80. The number of ether oxygens (including phenoxy) is 2. The van der Waals surface area contributed by atoms with Crippen LogP contribution in [0.15, 0.2) is 18.2 Å². The summed E-state index contributed by atoms with van der Waals surface area (Å²) in [5.74, 6) is 0. The van der Waals surface area contributed by atoms with Crippen LogP contribution in [0, 0.1) is 22.7 Å². The van der Waals surface area contributed by atoms with Crippen molar-refractivity contribution in [1.82, 2.24) is 0 Å². The fourth-order valence-electron chi connectivity index (χ4n) is 2.80. The summed E-state index contributed by atoms with van der Waals surface area (Å²) in [6, 6.07) is 9.57. The lowest BCUT2D eigenvalue weighted by molar-refractivity contribution is -0.106. The molecule has 0 aromatic heterocycles. The van der Waals surface area contributed by atoms with Crippen LogP contribution in [-0.4, -0.2) is 38.5 Å². The zero-order valence-electron chi connectivity index (χ0n) is 12.6. The average Bonchev–Trinajstić information content (AvgIpc) is 2.44. The average molecular weight is 285 g/mol. The van der Waals surface area contributed by atoms with E-state index in [1.165, 1.54) is 0 Å². The lowest BCUT2D eigenvalue weighted by Gasteiger charge is -2.44. The molecular weight excluding hydrogens is 266 g/mol. The van der Waals surface area contributed by atoms with E-state index in [1.807, 2.05) is 13.8 Å². The van der Waals surface area contributed by atoms with E-state index >= 15 is 0 Å². The highest BCUT2D eigenvalue weighted by atomic mass is 16.5. The molecule has 5 heteroatoms. The van der Waals surface area contributed by atoms with Crippen LogP contribution < -0.4 is 4.90 Å². The Kier molecular flexibility index (Phi) is 4.47. The van der Waals surface area contributed by atoms with Gasteiger partial charge in [-0.3, -0.25) is 0 Å². The summed E-state index contributed by atoms with van der Waals surface area (Å²) < 4.78 is 11.2. The maximum absolute atomic E-state index is 9.33. The van der Waals surface area contributed by atoms with E-state index in [0.717, 1.165) is 0 Å². The number of rotatable bonds is 3. The zero-order chi connectivity index (χ0) is 15.5. The van der Waals surface area contributed by atoms with Crippen molar-refractivity contribution in [3.63, 3.8) is 0 Å². The Balaban J connectivity index is 2.41. The van der Waals surface area contributed by atoms with Crippen LogP contribution in [0.3, 0.4) is 0 Å². The van der Waals surface area contributed by atoms with Crippen molar-refractivity contribution in [3.8, 4) is 12.1 Å². The van der Waals surface area contributed by atoms with E-state index in [1.54, 1.807) is 25.3 Å². The summed E-state index contributed by atoms with van der Waals surface area (Å²) in [5.41, 5.74) is 1.36. The Morgan fingerprint density at radius 2 is 1.95 bits per heavy atom. The lowest BCUT2D eigenvalue weighted by Crippen LogP contribution is -2.54. The number of hydrogen-bond acceptors (Lipinski definition) is 5. The molecule has 0 amide bonds. The molecule has 1 aromatic carbocycles.